The molecule has 2 rings (SSSR count). The van der Waals surface area contributed by atoms with E-state index in [9.17, 15) is 0 Å². The zero-order chi connectivity index (χ0) is 16.7. The van der Waals surface area contributed by atoms with Crippen LogP contribution >= 0.6 is 0 Å². The molecule has 1 aromatic carbocycles. The van der Waals surface area contributed by atoms with Gasteiger partial charge in [-0.1, -0.05) is 12.1 Å². The molecule has 0 spiro atoms. The van der Waals surface area contributed by atoms with Gasteiger partial charge in [-0.2, -0.15) is 0 Å². The lowest BCUT2D eigenvalue weighted by Crippen LogP contribution is -2.49. The summed E-state index contributed by atoms with van der Waals surface area (Å²) in [5.41, 5.74) is 8.66. The molecular formula is C18H32N4O. The summed E-state index contributed by atoms with van der Waals surface area (Å²) < 4.78 is 0. The minimum Gasteiger partial charge on any atom is -0.395 e. The van der Waals surface area contributed by atoms with Gasteiger partial charge in [-0.25, -0.2) is 0 Å². The Morgan fingerprint density at radius 1 is 1.09 bits per heavy atom. The van der Waals surface area contributed by atoms with Gasteiger partial charge in [-0.15, -0.1) is 0 Å². The molecule has 3 N–H and O–H groups in total. The van der Waals surface area contributed by atoms with Crippen LogP contribution in [0.5, 0.6) is 0 Å². The molecular weight excluding hydrogens is 288 g/mol. The van der Waals surface area contributed by atoms with Crippen molar-refractivity contribution >= 4 is 5.69 Å². The maximum Gasteiger partial charge on any atom is 0.0558 e. The third-order valence-corrected chi connectivity index (χ3v) is 4.89. The highest BCUT2D eigenvalue weighted by Crippen LogP contribution is 2.24. The fourth-order valence-electron chi connectivity index (χ4n) is 3.43. The Morgan fingerprint density at radius 2 is 1.70 bits per heavy atom. The van der Waals surface area contributed by atoms with Crippen molar-refractivity contribution in [1.82, 2.24) is 9.80 Å². The van der Waals surface area contributed by atoms with Gasteiger partial charge in [0, 0.05) is 64.1 Å². The van der Waals surface area contributed by atoms with Crippen LogP contribution in [0.25, 0.3) is 0 Å². The lowest BCUT2D eigenvalue weighted by Gasteiger charge is -2.39. The van der Waals surface area contributed by atoms with Crippen LogP contribution in [0.4, 0.5) is 5.69 Å². The van der Waals surface area contributed by atoms with Crippen molar-refractivity contribution < 1.29 is 5.11 Å². The first-order chi connectivity index (χ1) is 11.2. The summed E-state index contributed by atoms with van der Waals surface area (Å²) in [4.78, 5) is 7.14. The zero-order valence-corrected chi connectivity index (χ0v) is 14.6. The third-order valence-electron chi connectivity index (χ3n) is 4.89. The van der Waals surface area contributed by atoms with Gasteiger partial charge in [0.25, 0.3) is 0 Å². The number of hydrogen-bond donors (Lipinski definition) is 2. The lowest BCUT2D eigenvalue weighted by molar-refractivity contribution is 0.0857. The van der Waals surface area contributed by atoms with Crippen molar-refractivity contribution in [3.63, 3.8) is 0 Å². The number of aliphatic hydroxyl groups excluding tert-OH is 1. The minimum atomic E-state index is 0.243. The first kappa shape index (κ1) is 18.2. The Balaban J connectivity index is 2.01. The van der Waals surface area contributed by atoms with Crippen LogP contribution in [0.3, 0.4) is 0 Å². The smallest absolute Gasteiger partial charge is 0.0558 e. The maximum atomic E-state index is 9.05. The number of nitrogens with two attached hydrogens (primary N) is 1. The highest BCUT2D eigenvalue weighted by atomic mass is 16.3. The number of nitrogens with zero attached hydrogens (tertiary/aromatic N) is 3. The Labute approximate surface area is 140 Å². The first-order valence-corrected chi connectivity index (χ1v) is 8.85. The normalized spacial score (nSPS) is 18.1. The highest BCUT2D eigenvalue weighted by molar-refractivity contribution is 5.47. The van der Waals surface area contributed by atoms with Crippen molar-refractivity contribution in [2.45, 2.75) is 19.9 Å². The molecule has 1 fully saturated rings. The fraction of sp³-hybridized carbons (Fsp3) is 0.667. The van der Waals surface area contributed by atoms with E-state index in [1.54, 1.807) is 0 Å². The quantitative estimate of drug-likeness (QED) is 0.752. The van der Waals surface area contributed by atoms with E-state index in [4.69, 9.17) is 10.8 Å². The molecule has 0 saturated carbocycles. The molecule has 1 aliphatic heterocycles. The van der Waals surface area contributed by atoms with E-state index in [1.807, 2.05) is 0 Å². The maximum absolute atomic E-state index is 9.05. The van der Waals surface area contributed by atoms with E-state index in [2.05, 4.69) is 52.8 Å². The van der Waals surface area contributed by atoms with Gasteiger partial charge < -0.3 is 15.7 Å². The second-order valence-corrected chi connectivity index (χ2v) is 6.12. The number of anilines is 1. The van der Waals surface area contributed by atoms with Crippen LogP contribution in [0.1, 0.15) is 25.5 Å². The summed E-state index contributed by atoms with van der Waals surface area (Å²) in [6.07, 6.45) is 0. The van der Waals surface area contributed by atoms with Crippen LogP contribution in [0.15, 0.2) is 24.3 Å². The first-order valence-electron chi connectivity index (χ1n) is 8.85. The van der Waals surface area contributed by atoms with E-state index in [1.165, 1.54) is 11.3 Å². The molecule has 5 nitrogen and oxygen atoms in total. The molecule has 130 valence electrons. The van der Waals surface area contributed by atoms with Crippen molar-refractivity contribution in [3.8, 4) is 0 Å². The summed E-state index contributed by atoms with van der Waals surface area (Å²) in [5.74, 6) is 0. The van der Waals surface area contributed by atoms with Crippen LogP contribution < -0.4 is 10.6 Å². The number of benzene rings is 1. The Hall–Kier alpha value is -1.14. The fourth-order valence-corrected chi connectivity index (χ4v) is 3.43. The number of hydrogen-bond acceptors (Lipinski definition) is 5. The highest BCUT2D eigenvalue weighted by Gasteiger charge is 2.23. The molecule has 0 amide bonds. The van der Waals surface area contributed by atoms with Gasteiger partial charge >= 0.3 is 0 Å². The van der Waals surface area contributed by atoms with Crippen molar-refractivity contribution in [2.75, 3.05) is 63.9 Å². The summed E-state index contributed by atoms with van der Waals surface area (Å²) in [6.45, 7) is 12.1. The van der Waals surface area contributed by atoms with Crippen LogP contribution in [-0.4, -0.2) is 73.9 Å². The molecule has 1 aromatic rings. The molecule has 5 heteroatoms. The predicted octanol–water partition coefficient (Wildman–Crippen LogP) is 1.14. The van der Waals surface area contributed by atoms with Crippen molar-refractivity contribution in [3.05, 3.63) is 29.8 Å². The third kappa shape index (κ3) is 4.67. The lowest BCUT2D eigenvalue weighted by atomic mass is 10.0. The van der Waals surface area contributed by atoms with Gasteiger partial charge in [0.05, 0.1) is 6.61 Å². The second-order valence-electron chi connectivity index (χ2n) is 6.12. The second kappa shape index (κ2) is 9.23. The van der Waals surface area contributed by atoms with E-state index in [-0.39, 0.29) is 12.6 Å². The summed E-state index contributed by atoms with van der Waals surface area (Å²) >= 11 is 0. The molecule has 0 bridgehead atoms. The van der Waals surface area contributed by atoms with Gasteiger partial charge in [-0.3, -0.25) is 9.80 Å². The number of piperazine rings is 1. The van der Waals surface area contributed by atoms with Gasteiger partial charge in [-0.05, 0) is 31.5 Å². The molecule has 1 unspecified atom stereocenters. The molecule has 1 aliphatic rings. The van der Waals surface area contributed by atoms with Crippen LogP contribution in [0.2, 0.25) is 0 Å². The predicted molar refractivity (Wildman–Crippen MR) is 96.9 cm³/mol. The summed E-state index contributed by atoms with van der Waals surface area (Å²) in [5, 5.41) is 9.05. The van der Waals surface area contributed by atoms with Gasteiger partial charge in [0.15, 0.2) is 0 Å². The van der Waals surface area contributed by atoms with Crippen LogP contribution in [0, 0.1) is 0 Å². The van der Waals surface area contributed by atoms with E-state index >= 15 is 0 Å². The average molecular weight is 320 g/mol. The number of β-amino-alcohol motifs (C(OH)–C–C–N with tert-alkyl or cyclic N) is 1. The van der Waals surface area contributed by atoms with E-state index < -0.39 is 0 Å². The average Bonchev–Trinajstić information content (AvgIpc) is 2.60. The molecule has 0 aromatic heterocycles. The van der Waals surface area contributed by atoms with Gasteiger partial charge in [0.2, 0.25) is 0 Å². The van der Waals surface area contributed by atoms with Crippen molar-refractivity contribution in [2.24, 2.45) is 5.73 Å². The summed E-state index contributed by atoms with van der Waals surface area (Å²) in [6, 6.07) is 9.17. The van der Waals surface area contributed by atoms with Crippen LogP contribution in [-0.2, 0) is 0 Å². The Bertz CT molecular complexity index is 439. The summed E-state index contributed by atoms with van der Waals surface area (Å²) in [7, 11) is 0. The Morgan fingerprint density at radius 3 is 2.17 bits per heavy atom. The molecule has 1 atom stereocenters. The molecule has 1 saturated heterocycles. The zero-order valence-electron chi connectivity index (χ0n) is 14.6. The number of aliphatic hydroxyl groups is 1. The van der Waals surface area contributed by atoms with E-state index in [0.29, 0.717) is 6.54 Å². The van der Waals surface area contributed by atoms with E-state index in [0.717, 1.165) is 45.8 Å². The monoisotopic (exact) mass is 320 g/mol. The molecule has 23 heavy (non-hydrogen) atoms. The molecule has 0 radical (unpaired) electrons. The standard InChI is InChI=1S/C18H32N4O/c1-3-21(4-2)17-7-5-16(6-8-17)18(15-19)22-11-9-20(10-12-22)13-14-23/h5-8,18,23H,3-4,9-15,19H2,1-2H3. The van der Waals surface area contributed by atoms with Crippen molar-refractivity contribution in [1.29, 1.82) is 0 Å². The molecule has 0 aliphatic carbocycles. The van der Waals surface area contributed by atoms with Gasteiger partial charge in [0.1, 0.15) is 0 Å². The SMILES string of the molecule is CCN(CC)c1ccc(C(CN)N2CCN(CCO)CC2)cc1. The number of rotatable bonds is 8. The minimum absolute atomic E-state index is 0.243. The topological polar surface area (TPSA) is 56.0 Å². The largest absolute Gasteiger partial charge is 0.395 e. The molecule has 1 heterocycles. The Kier molecular flexibility index (Phi) is 7.30.